The molecule has 0 aliphatic carbocycles. The van der Waals surface area contributed by atoms with E-state index in [0.29, 0.717) is 0 Å². The van der Waals surface area contributed by atoms with Gasteiger partial charge < -0.3 is 10.00 Å². The standard InChI is InChI=1S/C9H9FNO4P/c1-6(9(12)13)11-16(14)15-8-4-2-7(10)3-5-8/h2-6H,1H3,(H,12,13)/t6-/m0/s1. The first-order chi connectivity index (χ1) is 7.49. The summed E-state index contributed by atoms with van der Waals surface area (Å²) in [6.07, 6.45) is 0. The maximum absolute atomic E-state index is 12.5. The topological polar surface area (TPSA) is 82.0 Å². The summed E-state index contributed by atoms with van der Waals surface area (Å²) in [6.45, 7) is 1.28. The van der Waals surface area contributed by atoms with Gasteiger partial charge in [-0.15, -0.1) is 0 Å². The van der Waals surface area contributed by atoms with E-state index < -0.39 is 26.0 Å². The lowest BCUT2D eigenvalue weighted by Crippen LogP contribution is -2.13. The van der Waals surface area contributed by atoms with Crippen molar-refractivity contribution in [2.45, 2.75) is 13.0 Å². The molecule has 1 unspecified atom stereocenters. The van der Waals surface area contributed by atoms with Crippen LogP contribution in [0.1, 0.15) is 6.92 Å². The van der Waals surface area contributed by atoms with Crippen LogP contribution in [0.3, 0.4) is 0 Å². The molecule has 7 heteroatoms. The first-order valence-electron chi connectivity index (χ1n) is 4.33. The molecule has 1 aromatic carbocycles. The SMILES string of the molecule is C[C@H](N=[P+]([O-])Oc1ccc(F)cc1)C(=O)O. The average molecular weight is 245 g/mol. The lowest BCUT2D eigenvalue weighted by atomic mass is 10.3. The number of benzene rings is 1. The summed E-state index contributed by atoms with van der Waals surface area (Å²) in [5.74, 6) is -1.46. The molecule has 0 bridgehead atoms. The fourth-order valence-electron chi connectivity index (χ4n) is 0.800. The Kier molecular flexibility index (Phi) is 4.34. The molecule has 0 spiro atoms. The van der Waals surface area contributed by atoms with Crippen LogP contribution in [0.5, 0.6) is 5.75 Å². The van der Waals surface area contributed by atoms with Crippen LogP contribution in [0.15, 0.2) is 29.0 Å². The molecule has 0 saturated carbocycles. The average Bonchev–Trinajstić information content (AvgIpc) is 2.21. The molecule has 2 atom stereocenters. The van der Waals surface area contributed by atoms with Crippen LogP contribution >= 0.6 is 8.17 Å². The van der Waals surface area contributed by atoms with Crippen LogP contribution < -0.4 is 9.42 Å². The second-order valence-electron chi connectivity index (χ2n) is 2.91. The fourth-order valence-corrected chi connectivity index (χ4v) is 1.53. The van der Waals surface area contributed by atoms with E-state index in [2.05, 4.69) is 4.74 Å². The number of carboxylic acid groups (broad SMARTS) is 1. The summed E-state index contributed by atoms with van der Waals surface area (Å²) in [5.41, 5.74) is 0. The second-order valence-corrected chi connectivity index (χ2v) is 3.80. The highest BCUT2D eigenvalue weighted by Gasteiger charge is 2.15. The first-order valence-corrected chi connectivity index (χ1v) is 5.46. The van der Waals surface area contributed by atoms with E-state index in [0.717, 1.165) is 12.1 Å². The Hall–Kier alpha value is -1.52. The van der Waals surface area contributed by atoms with Crippen LogP contribution in [-0.2, 0) is 4.79 Å². The minimum absolute atomic E-state index is 0.170. The summed E-state index contributed by atoms with van der Waals surface area (Å²) in [5, 5.41) is 8.51. The summed E-state index contributed by atoms with van der Waals surface area (Å²) >= 11 is 0. The Bertz CT molecular complexity index is 406. The minimum Gasteiger partial charge on any atom is -0.575 e. The van der Waals surface area contributed by atoms with E-state index in [9.17, 15) is 14.1 Å². The number of hydrogen-bond acceptors (Lipinski definition) is 4. The van der Waals surface area contributed by atoms with E-state index in [-0.39, 0.29) is 5.75 Å². The summed E-state index contributed by atoms with van der Waals surface area (Å²) in [7, 11) is -2.47. The van der Waals surface area contributed by atoms with Crippen molar-refractivity contribution in [3.8, 4) is 5.75 Å². The Morgan fingerprint density at radius 2 is 2.12 bits per heavy atom. The molecular weight excluding hydrogens is 236 g/mol. The molecule has 0 fully saturated rings. The van der Waals surface area contributed by atoms with Crippen LogP contribution in [-0.4, -0.2) is 17.1 Å². The van der Waals surface area contributed by atoms with Crippen molar-refractivity contribution in [2.24, 2.45) is 4.74 Å². The number of aliphatic carboxylic acids is 1. The zero-order valence-corrected chi connectivity index (χ0v) is 9.23. The molecule has 86 valence electrons. The normalized spacial score (nSPS) is 13.3. The van der Waals surface area contributed by atoms with Crippen molar-refractivity contribution in [3.05, 3.63) is 30.1 Å². The smallest absolute Gasteiger partial charge is 0.395 e. The molecule has 1 aromatic rings. The first kappa shape index (κ1) is 12.5. The number of nitrogens with zero attached hydrogens (tertiary/aromatic N) is 1. The summed E-state index contributed by atoms with van der Waals surface area (Å²) in [4.78, 5) is 21.6. The molecule has 1 N–H and O–H groups in total. The molecule has 0 heterocycles. The molecule has 0 amide bonds. The number of halogens is 1. The second kappa shape index (κ2) is 5.53. The molecule has 1 rings (SSSR count). The third kappa shape index (κ3) is 3.92. The van der Waals surface area contributed by atoms with Gasteiger partial charge in [-0.3, -0.25) is 4.52 Å². The van der Waals surface area contributed by atoms with Crippen LogP contribution in [0.25, 0.3) is 0 Å². The van der Waals surface area contributed by atoms with Crippen molar-refractivity contribution in [1.82, 2.24) is 0 Å². The van der Waals surface area contributed by atoms with Crippen molar-refractivity contribution in [3.63, 3.8) is 0 Å². The van der Waals surface area contributed by atoms with Gasteiger partial charge in [-0.25, -0.2) is 9.18 Å². The largest absolute Gasteiger partial charge is 0.575 e. The maximum atomic E-state index is 12.5. The van der Waals surface area contributed by atoms with Gasteiger partial charge in [-0.05, 0) is 31.2 Å². The molecule has 0 aliphatic rings. The zero-order valence-electron chi connectivity index (χ0n) is 8.33. The lowest BCUT2D eigenvalue weighted by Gasteiger charge is -1.99. The highest BCUT2D eigenvalue weighted by Crippen LogP contribution is 2.23. The van der Waals surface area contributed by atoms with Gasteiger partial charge in [0.2, 0.25) is 0 Å². The van der Waals surface area contributed by atoms with E-state index in [1.54, 1.807) is 0 Å². The Morgan fingerprint density at radius 3 is 2.62 bits per heavy atom. The van der Waals surface area contributed by atoms with Crippen molar-refractivity contribution < 1.29 is 23.7 Å². The highest BCUT2D eigenvalue weighted by atomic mass is 31.1. The van der Waals surface area contributed by atoms with Gasteiger partial charge in [0.25, 0.3) is 0 Å². The summed E-state index contributed by atoms with van der Waals surface area (Å²) < 4.78 is 20.7. The number of rotatable bonds is 4. The van der Waals surface area contributed by atoms with E-state index >= 15 is 0 Å². The molecule has 0 saturated heterocycles. The van der Waals surface area contributed by atoms with Gasteiger partial charge in [0.15, 0.2) is 11.8 Å². The fraction of sp³-hybridized carbons (Fsp3) is 0.222. The third-order valence-electron chi connectivity index (χ3n) is 1.62. The molecule has 16 heavy (non-hydrogen) atoms. The number of carbonyl (C=O) groups is 1. The van der Waals surface area contributed by atoms with Gasteiger partial charge in [-0.2, -0.15) is 0 Å². The Balaban J connectivity index is 2.67. The van der Waals surface area contributed by atoms with Gasteiger partial charge in [0, 0.05) is 0 Å². The van der Waals surface area contributed by atoms with E-state index in [4.69, 9.17) is 9.63 Å². The Labute approximate surface area is 92.1 Å². The maximum Gasteiger partial charge on any atom is 0.395 e. The van der Waals surface area contributed by atoms with E-state index in [1.165, 1.54) is 19.1 Å². The van der Waals surface area contributed by atoms with Crippen molar-refractivity contribution in [1.29, 1.82) is 0 Å². The lowest BCUT2D eigenvalue weighted by molar-refractivity contribution is -0.169. The zero-order chi connectivity index (χ0) is 12.1. The number of carboxylic acids is 1. The van der Waals surface area contributed by atoms with Gasteiger partial charge in [-0.1, -0.05) is 4.74 Å². The quantitative estimate of drug-likeness (QED) is 0.815. The van der Waals surface area contributed by atoms with Gasteiger partial charge in [0.05, 0.1) is 0 Å². The van der Waals surface area contributed by atoms with Crippen LogP contribution in [0, 0.1) is 5.82 Å². The van der Waals surface area contributed by atoms with Gasteiger partial charge >= 0.3 is 14.1 Å². The summed E-state index contributed by atoms with van der Waals surface area (Å²) in [6, 6.07) is 3.73. The minimum atomic E-state index is -2.47. The molecule has 0 radical (unpaired) electrons. The monoisotopic (exact) mass is 245 g/mol. The third-order valence-corrected chi connectivity index (χ3v) is 2.52. The van der Waals surface area contributed by atoms with Crippen LogP contribution in [0.2, 0.25) is 0 Å². The van der Waals surface area contributed by atoms with E-state index in [1.807, 2.05) is 0 Å². The molecule has 0 aromatic heterocycles. The van der Waals surface area contributed by atoms with Gasteiger partial charge in [0.1, 0.15) is 5.82 Å². The molecule has 5 nitrogen and oxygen atoms in total. The van der Waals surface area contributed by atoms with Crippen molar-refractivity contribution in [2.75, 3.05) is 0 Å². The molecular formula is C9H9FNO4P. The Morgan fingerprint density at radius 1 is 1.56 bits per heavy atom. The van der Waals surface area contributed by atoms with Crippen molar-refractivity contribution >= 4 is 14.1 Å². The predicted molar refractivity (Wildman–Crippen MR) is 53.5 cm³/mol. The van der Waals surface area contributed by atoms with Crippen LogP contribution in [0.4, 0.5) is 4.39 Å². The highest BCUT2D eigenvalue weighted by molar-refractivity contribution is 7.34. The molecule has 0 aliphatic heterocycles. The predicted octanol–water partition coefficient (Wildman–Crippen LogP) is 1.53. The number of hydrogen-bond donors (Lipinski definition) is 1.